The summed E-state index contributed by atoms with van der Waals surface area (Å²) >= 11 is 0. The second-order valence-electron chi connectivity index (χ2n) is 3.72. The van der Waals surface area contributed by atoms with E-state index < -0.39 is 0 Å². The van der Waals surface area contributed by atoms with E-state index in [1.54, 1.807) is 0 Å². The first-order chi connectivity index (χ1) is 5.65. The van der Waals surface area contributed by atoms with Gasteiger partial charge in [0.1, 0.15) is 0 Å². The van der Waals surface area contributed by atoms with Crippen LogP contribution in [-0.2, 0) is 4.79 Å². The molecule has 0 aromatic rings. The maximum absolute atomic E-state index is 10.7. The van der Waals surface area contributed by atoms with Gasteiger partial charge in [-0.3, -0.25) is 4.79 Å². The molecule has 3 nitrogen and oxygen atoms in total. The summed E-state index contributed by atoms with van der Waals surface area (Å²) in [6.07, 6.45) is 2.50. The summed E-state index contributed by atoms with van der Waals surface area (Å²) in [5.74, 6) is 0.587. The molecule has 1 fully saturated rings. The van der Waals surface area contributed by atoms with Gasteiger partial charge >= 0.3 is 0 Å². The molecule has 1 aliphatic rings. The van der Waals surface area contributed by atoms with E-state index in [1.807, 2.05) is 6.92 Å². The maximum atomic E-state index is 10.7. The van der Waals surface area contributed by atoms with Crippen molar-refractivity contribution < 1.29 is 4.79 Å². The Morgan fingerprint density at radius 1 is 1.75 bits per heavy atom. The van der Waals surface area contributed by atoms with Crippen LogP contribution in [0.2, 0.25) is 0 Å². The molecule has 3 heteroatoms. The van der Waals surface area contributed by atoms with Gasteiger partial charge in [-0.15, -0.1) is 0 Å². The molecule has 3 N–H and O–H groups in total. The molecule has 70 valence electrons. The number of primary amides is 1. The van der Waals surface area contributed by atoms with E-state index in [0.29, 0.717) is 6.04 Å². The molecule has 0 aromatic carbocycles. The molecule has 1 saturated carbocycles. The van der Waals surface area contributed by atoms with Crippen LogP contribution < -0.4 is 11.1 Å². The van der Waals surface area contributed by atoms with Crippen molar-refractivity contribution in [3.63, 3.8) is 0 Å². The van der Waals surface area contributed by atoms with Gasteiger partial charge in [0, 0.05) is 18.5 Å². The smallest absolute Gasteiger partial charge is 0.221 e. The third-order valence-corrected chi connectivity index (χ3v) is 2.62. The predicted molar refractivity (Wildman–Crippen MR) is 48.5 cm³/mol. The summed E-state index contributed by atoms with van der Waals surface area (Å²) < 4.78 is 0. The van der Waals surface area contributed by atoms with Crippen LogP contribution in [0.3, 0.4) is 0 Å². The lowest BCUT2D eigenvalue weighted by Gasteiger charge is -2.07. The molecule has 1 aliphatic carbocycles. The highest BCUT2D eigenvalue weighted by atomic mass is 16.1. The number of nitrogens with two attached hydrogens (primary N) is 1. The molecule has 3 atom stereocenters. The van der Waals surface area contributed by atoms with Crippen molar-refractivity contribution in [3.8, 4) is 0 Å². The molecule has 0 aliphatic heterocycles. The van der Waals surface area contributed by atoms with E-state index in [0.717, 1.165) is 12.5 Å². The highest BCUT2D eigenvalue weighted by Crippen LogP contribution is 2.32. The quantitative estimate of drug-likeness (QED) is 0.631. The largest absolute Gasteiger partial charge is 0.369 e. The molecule has 1 rings (SSSR count). The van der Waals surface area contributed by atoms with Gasteiger partial charge < -0.3 is 11.1 Å². The van der Waals surface area contributed by atoms with Crippen LogP contribution in [0.4, 0.5) is 0 Å². The SMILES string of the molecule is CCC1CC1NCC(C)C(N)=O. The predicted octanol–water partition coefficient (Wildman–Crippen LogP) is 0.496. The summed E-state index contributed by atoms with van der Waals surface area (Å²) in [4.78, 5) is 10.7. The first-order valence-electron chi connectivity index (χ1n) is 4.67. The Morgan fingerprint density at radius 2 is 2.42 bits per heavy atom. The summed E-state index contributed by atoms with van der Waals surface area (Å²) in [6.45, 7) is 4.79. The lowest BCUT2D eigenvalue weighted by atomic mass is 10.2. The topological polar surface area (TPSA) is 55.1 Å². The number of rotatable bonds is 5. The highest BCUT2D eigenvalue weighted by Gasteiger charge is 2.34. The number of carbonyl (C=O) groups excluding carboxylic acids is 1. The fourth-order valence-electron chi connectivity index (χ4n) is 1.38. The zero-order chi connectivity index (χ0) is 9.14. The normalized spacial score (nSPS) is 29.8. The molecular formula is C9H18N2O. The lowest BCUT2D eigenvalue weighted by Crippen LogP contribution is -2.32. The highest BCUT2D eigenvalue weighted by molar-refractivity contribution is 5.76. The van der Waals surface area contributed by atoms with E-state index >= 15 is 0 Å². The Hall–Kier alpha value is -0.570. The summed E-state index contributed by atoms with van der Waals surface area (Å²) in [5, 5.41) is 3.34. The molecule has 0 radical (unpaired) electrons. The van der Waals surface area contributed by atoms with Crippen molar-refractivity contribution >= 4 is 5.91 Å². The van der Waals surface area contributed by atoms with Crippen molar-refractivity contribution in [3.05, 3.63) is 0 Å². The summed E-state index contributed by atoms with van der Waals surface area (Å²) in [6, 6.07) is 0.650. The van der Waals surface area contributed by atoms with Crippen molar-refractivity contribution in [1.82, 2.24) is 5.32 Å². The average Bonchev–Trinajstić information content (AvgIpc) is 2.78. The second-order valence-corrected chi connectivity index (χ2v) is 3.72. The van der Waals surface area contributed by atoms with Crippen molar-refractivity contribution in [2.45, 2.75) is 32.7 Å². The monoisotopic (exact) mass is 170 g/mol. The van der Waals surface area contributed by atoms with Gasteiger partial charge in [-0.25, -0.2) is 0 Å². The Labute approximate surface area is 73.7 Å². The Morgan fingerprint density at radius 3 is 2.83 bits per heavy atom. The van der Waals surface area contributed by atoms with Gasteiger partial charge in [-0.1, -0.05) is 20.3 Å². The van der Waals surface area contributed by atoms with E-state index in [1.165, 1.54) is 12.8 Å². The van der Waals surface area contributed by atoms with Gasteiger partial charge in [0.25, 0.3) is 0 Å². The lowest BCUT2D eigenvalue weighted by molar-refractivity contribution is -0.121. The first kappa shape index (κ1) is 9.52. The molecule has 12 heavy (non-hydrogen) atoms. The third kappa shape index (κ3) is 2.48. The van der Waals surface area contributed by atoms with Crippen LogP contribution in [0.15, 0.2) is 0 Å². The minimum atomic E-state index is -0.212. The zero-order valence-electron chi connectivity index (χ0n) is 7.84. The average molecular weight is 170 g/mol. The van der Waals surface area contributed by atoms with Crippen LogP contribution in [0, 0.1) is 11.8 Å². The van der Waals surface area contributed by atoms with Crippen LogP contribution in [0.25, 0.3) is 0 Å². The number of nitrogens with one attached hydrogen (secondary N) is 1. The van der Waals surface area contributed by atoms with Crippen molar-refractivity contribution in [1.29, 1.82) is 0 Å². The molecule has 0 aromatic heterocycles. The molecule has 0 spiro atoms. The summed E-state index contributed by atoms with van der Waals surface area (Å²) in [7, 11) is 0. The van der Waals surface area contributed by atoms with E-state index in [-0.39, 0.29) is 11.8 Å². The van der Waals surface area contributed by atoms with Gasteiger partial charge in [-0.05, 0) is 12.3 Å². The van der Waals surface area contributed by atoms with Gasteiger partial charge in [0.2, 0.25) is 5.91 Å². The standard InChI is InChI=1S/C9H18N2O/c1-3-7-4-8(7)11-5-6(2)9(10)12/h6-8,11H,3-5H2,1-2H3,(H2,10,12). The Balaban J connectivity index is 2.07. The summed E-state index contributed by atoms with van der Waals surface area (Å²) in [5.41, 5.74) is 5.13. The fourth-order valence-corrected chi connectivity index (χ4v) is 1.38. The van der Waals surface area contributed by atoms with E-state index in [2.05, 4.69) is 12.2 Å². The molecule has 0 heterocycles. The fraction of sp³-hybridized carbons (Fsp3) is 0.889. The van der Waals surface area contributed by atoms with Crippen LogP contribution in [-0.4, -0.2) is 18.5 Å². The number of carbonyl (C=O) groups is 1. The van der Waals surface area contributed by atoms with Crippen molar-refractivity contribution in [2.24, 2.45) is 17.6 Å². The molecular weight excluding hydrogens is 152 g/mol. The van der Waals surface area contributed by atoms with Gasteiger partial charge in [-0.2, -0.15) is 0 Å². The number of amides is 1. The minimum Gasteiger partial charge on any atom is -0.369 e. The molecule has 0 saturated heterocycles. The van der Waals surface area contributed by atoms with Gasteiger partial charge in [0.05, 0.1) is 0 Å². The molecule has 0 bridgehead atoms. The zero-order valence-corrected chi connectivity index (χ0v) is 7.84. The van der Waals surface area contributed by atoms with Gasteiger partial charge in [0.15, 0.2) is 0 Å². The van der Waals surface area contributed by atoms with E-state index in [9.17, 15) is 4.79 Å². The third-order valence-electron chi connectivity index (χ3n) is 2.62. The van der Waals surface area contributed by atoms with E-state index in [4.69, 9.17) is 5.73 Å². The Kier molecular flexibility index (Phi) is 3.09. The maximum Gasteiger partial charge on any atom is 0.221 e. The van der Waals surface area contributed by atoms with Crippen LogP contribution in [0.1, 0.15) is 26.7 Å². The minimum absolute atomic E-state index is 0.0388. The van der Waals surface area contributed by atoms with Crippen LogP contribution >= 0.6 is 0 Å². The van der Waals surface area contributed by atoms with Crippen molar-refractivity contribution in [2.75, 3.05) is 6.54 Å². The molecule has 1 amide bonds. The molecule has 3 unspecified atom stereocenters. The van der Waals surface area contributed by atoms with Crippen LogP contribution in [0.5, 0.6) is 0 Å². The number of hydrogen-bond donors (Lipinski definition) is 2. The Bertz CT molecular complexity index is 170. The number of hydrogen-bond acceptors (Lipinski definition) is 2. The first-order valence-corrected chi connectivity index (χ1v) is 4.67. The second kappa shape index (κ2) is 3.90.